The highest BCUT2D eigenvalue weighted by Crippen LogP contribution is 2.28. The molecule has 7 rings (SSSR count). The van der Waals surface area contributed by atoms with Crippen LogP contribution in [0.15, 0.2) is 133 Å². The molecular weight excluding hydrogens is 516 g/mol. The zero-order chi connectivity index (χ0) is 28.1. The van der Waals surface area contributed by atoms with Gasteiger partial charge in [0.15, 0.2) is 34.9 Å². The Balaban J connectivity index is 1.30. The van der Waals surface area contributed by atoms with E-state index in [1.807, 2.05) is 115 Å². The van der Waals surface area contributed by atoms with Crippen molar-refractivity contribution in [3.8, 4) is 56.9 Å². The van der Waals surface area contributed by atoms with E-state index in [4.69, 9.17) is 29.9 Å². The molecule has 0 N–H and O–H groups in total. The topological polar surface area (TPSA) is 77.3 Å². The van der Waals surface area contributed by atoms with Gasteiger partial charge in [0.25, 0.3) is 0 Å². The van der Waals surface area contributed by atoms with Gasteiger partial charge in [0.1, 0.15) is 0 Å². The fourth-order valence-electron chi connectivity index (χ4n) is 4.84. The van der Waals surface area contributed by atoms with E-state index in [0.29, 0.717) is 34.9 Å². The molecule has 6 aromatic rings. The number of aromatic nitrogens is 6. The molecule has 0 unspecified atom stereocenters. The summed E-state index contributed by atoms with van der Waals surface area (Å²) in [7, 11) is 0. The summed E-state index contributed by atoms with van der Waals surface area (Å²) >= 11 is 0. The van der Waals surface area contributed by atoms with Gasteiger partial charge in [0.05, 0.1) is 0 Å². The third-order valence-electron chi connectivity index (χ3n) is 7.02. The molecule has 0 atom stereocenters. The second-order valence-electron chi connectivity index (χ2n) is 9.93. The molecule has 6 heteroatoms. The Labute approximate surface area is 244 Å². The molecule has 2 aromatic heterocycles. The zero-order valence-electron chi connectivity index (χ0n) is 22.8. The number of hydrogen-bond donors (Lipinski definition) is 0. The standard InChI is InChI=1S/C36H26N6/c1-5-13-25(14-6-1)31-37-32(26-15-7-2-8-16-26)40-35(39-31)29-21-23-30(24-22-29)36-41-33(27-17-9-3-10-18-27)38-34(42-36)28-19-11-4-12-20-28/h1-3,5-11,13-24H,4,12H2. The first-order valence-electron chi connectivity index (χ1n) is 14.0. The number of nitrogens with zero attached hydrogens (tertiary/aromatic N) is 6. The van der Waals surface area contributed by atoms with Gasteiger partial charge in [-0.15, -0.1) is 0 Å². The summed E-state index contributed by atoms with van der Waals surface area (Å²) in [6.07, 6.45) is 8.45. The van der Waals surface area contributed by atoms with E-state index >= 15 is 0 Å². The first-order valence-corrected chi connectivity index (χ1v) is 14.0. The summed E-state index contributed by atoms with van der Waals surface area (Å²) in [5, 5.41) is 0. The average Bonchev–Trinajstić information content (AvgIpc) is 3.09. The van der Waals surface area contributed by atoms with Crippen LogP contribution in [-0.4, -0.2) is 29.9 Å². The van der Waals surface area contributed by atoms with E-state index < -0.39 is 0 Å². The molecule has 0 saturated carbocycles. The van der Waals surface area contributed by atoms with Crippen LogP contribution in [0.3, 0.4) is 0 Å². The van der Waals surface area contributed by atoms with E-state index in [-0.39, 0.29) is 0 Å². The normalized spacial score (nSPS) is 12.6. The van der Waals surface area contributed by atoms with Crippen LogP contribution in [0.2, 0.25) is 0 Å². The molecule has 0 aliphatic heterocycles. The Kier molecular flexibility index (Phi) is 6.92. The maximum absolute atomic E-state index is 4.88. The fraction of sp³-hybridized carbons (Fsp3) is 0.0556. The monoisotopic (exact) mass is 542 g/mol. The lowest BCUT2D eigenvalue weighted by molar-refractivity contribution is 1.01. The molecule has 6 nitrogen and oxygen atoms in total. The van der Waals surface area contributed by atoms with Gasteiger partial charge >= 0.3 is 0 Å². The minimum absolute atomic E-state index is 0.605. The van der Waals surface area contributed by atoms with Gasteiger partial charge < -0.3 is 0 Å². The molecule has 4 aromatic carbocycles. The quantitative estimate of drug-likeness (QED) is 0.211. The van der Waals surface area contributed by atoms with Gasteiger partial charge in [0.2, 0.25) is 0 Å². The molecule has 0 amide bonds. The Morgan fingerprint density at radius 2 is 0.667 bits per heavy atom. The van der Waals surface area contributed by atoms with Crippen molar-refractivity contribution in [2.45, 2.75) is 12.8 Å². The number of benzene rings is 4. The van der Waals surface area contributed by atoms with Crippen LogP contribution in [0.25, 0.3) is 62.5 Å². The second kappa shape index (κ2) is 11.5. The van der Waals surface area contributed by atoms with Gasteiger partial charge in [-0.25, -0.2) is 29.9 Å². The molecule has 0 fully saturated rings. The van der Waals surface area contributed by atoms with E-state index in [0.717, 1.165) is 46.2 Å². The fourth-order valence-corrected chi connectivity index (χ4v) is 4.84. The SMILES string of the molecule is C1=CC(c2nc(-c3ccccc3)nc(-c3ccc(-c4nc(-c5ccccc5)nc(-c5ccccc5)n4)cc3)n2)=CCC1. The molecule has 0 radical (unpaired) electrons. The smallest absolute Gasteiger partial charge is 0.164 e. The maximum Gasteiger partial charge on any atom is 0.164 e. The van der Waals surface area contributed by atoms with E-state index in [1.165, 1.54) is 0 Å². The van der Waals surface area contributed by atoms with Crippen LogP contribution in [0.4, 0.5) is 0 Å². The average molecular weight is 543 g/mol. The van der Waals surface area contributed by atoms with Crippen LogP contribution < -0.4 is 0 Å². The Hall–Kier alpha value is -5.62. The number of allylic oxidation sites excluding steroid dienone is 4. The van der Waals surface area contributed by atoms with Gasteiger partial charge in [-0.1, -0.05) is 133 Å². The molecule has 1 aliphatic rings. The summed E-state index contributed by atoms with van der Waals surface area (Å²) in [5.74, 6) is 3.82. The van der Waals surface area contributed by atoms with Crippen molar-refractivity contribution in [1.82, 2.24) is 29.9 Å². The zero-order valence-corrected chi connectivity index (χ0v) is 22.8. The van der Waals surface area contributed by atoms with Crippen molar-refractivity contribution in [2.75, 3.05) is 0 Å². The van der Waals surface area contributed by atoms with Crippen molar-refractivity contribution in [1.29, 1.82) is 0 Å². The van der Waals surface area contributed by atoms with Crippen LogP contribution in [0.1, 0.15) is 18.7 Å². The van der Waals surface area contributed by atoms with Gasteiger partial charge in [-0.05, 0) is 12.8 Å². The van der Waals surface area contributed by atoms with Crippen molar-refractivity contribution in [3.05, 3.63) is 139 Å². The molecular formula is C36H26N6. The third-order valence-corrected chi connectivity index (χ3v) is 7.02. The predicted octanol–water partition coefficient (Wildman–Crippen LogP) is 8.13. The number of rotatable bonds is 6. The largest absolute Gasteiger partial charge is 0.208 e. The maximum atomic E-state index is 4.88. The minimum atomic E-state index is 0.605. The first kappa shape index (κ1) is 25.4. The summed E-state index contributed by atoms with van der Waals surface area (Å²) in [4.78, 5) is 29.1. The van der Waals surface area contributed by atoms with E-state index in [1.54, 1.807) is 0 Å². The van der Waals surface area contributed by atoms with Crippen molar-refractivity contribution in [2.24, 2.45) is 0 Å². The van der Waals surface area contributed by atoms with E-state index in [9.17, 15) is 0 Å². The first-order chi connectivity index (χ1) is 20.8. The van der Waals surface area contributed by atoms with Gasteiger partial charge in [-0.3, -0.25) is 0 Å². The van der Waals surface area contributed by atoms with Crippen LogP contribution in [0.5, 0.6) is 0 Å². The van der Waals surface area contributed by atoms with Crippen LogP contribution >= 0.6 is 0 Å². The molecule has 0 spiro atoms. The molecule has 42 heavy (non-hydrogen) atoms. The van der Waals surface area contributed by atoms with E-state index in [2.05, 4.69) is 18.2 Å². The molecule has 2 heterocycles. The summed E-state index contributed by atoms with van der Waals surface area (Å²) in [6.45, 7) is 0. The third kappa shape index (κ3) is 5.38. The summed E-state index contributed by atoms with van der Waals surface area (Å²) in [5.41, 5.74) is 5.61. The van der Waals surface area contributed by atoms with Crippen molar-refractivity contribution >= 4 is 5.57 Å². The predicted molar refractivity (Wildman–Crippen MR) is 167 cm³/mol. The Morgan fingerprint density at radius 3 is 1.00 bits per heavy atom. The summed E-state index contributed by atoms with van der Waals surface area (Å²) < 4.78 is 0. The number of hydrogen-bond acceptors (Lipinski definition) is 6. The van der Waals surface area contributed by atoms with Gasteiger partial charge in [0, 0.05) is 33.4 Å². The lowest BCUT2D eigenvalue weighted by atomic mass is 10.1. The van der Waals surface area contributed by atoms with Crippen LogP contribution in [-0.2, 0) is 0 Å². The lowest BCUT2D eigenvalue weighted by Crippen LogP contribution is -2.03. The van der Waals surface area contributed by atoms with Gasteiger partial charge in [-0.2, -0.15) is 0 Å². The Morgan fingerprint density at radius 1 is 0.333 bits per heavy atom. The summed E-state index contributed by atoms with van der Waals surface area (Å²) in [6, 6.07) is 38.0. The highest BCUT2D eigenvalue weighted by molar-refractivity contribution is 5.74. The van der Waals surface area contributed by atoms with Crippen LogP contribution in [0, 0.1) is 0 Å². The molecule has 0 saturated heterocycles. The Bertz CT molecular complexity index is 1840. The molecule has 0 bridgehead atoms. The lowest BCUT2D eigenvalue weighted by Gasteiger charge is -2.11. The molecule has 1 aliphatic carbocycles. The van der Waals surface area contributed by atoms with Crippen molar-refractivity contribution < 1.29 is 0 Å². The minimum Gasteiger partial charge on any atom is -0.208 e. The molecule has 200 valence electrons. The van der Waals surface area contributed by atoms with Crippen molar-refractivity contribution in [3.63, 3.8) is 0 Å². The highest BCUT2D eigenvalue weighted by atomic mass is 15.0. The second-order valence-corrected chi connectivity index (χ2v) is 9.93. The highest BCUT2D eigenvalue weighted by Gasteiger charge is 2.15.